The molecule has 0 spiro atoms. The molecule has 4 rings (SSSR count). The lowest BCUT2D eigenvalue weighted by Crippen LogP contribution is -2.28. The Morgan fingerprint density at radius 3 is 2.25 bits per heavy atom. The van der Waals surface area contributed by atoms with E-state index in [1.165, 1.54) is 25.7 Å². The van der Waals surface area contributed by atoms with Crippen molar-refractivity contribution in [1.82, 2.24) is 0 Å². The minimum Gasteiger partial charge on any atom is -0.294 e. The Bertz CT molecular complexity index is 252. The molecule has 0 heterocycles. The van der Waals surface area contributed by atoms with Crippen LogP contribution in [0.1, 0.15) is 25.7 Å². The highest BCUT2D eigenvalue weighted by Crippen LogP contribution is 2.70. The first-order valence-corrected chi connectivity index (χ1v) is 4.93. The van der Waals surface area contributed by atoms with E-state index < -0.39 is 0 Å². The van der Waals surface area contributed by atoms with Gasteiger partial charge in [-0.2, -0.15) is 0 Å². The number of carbonyl (C=O) groups excluding carboxylic acids is 1. The first kappa shape index (κ1) is 6.88. The molecular formula is C11H14O. The molecule has 1 nitrogen and oxygen atoms in total. The molecule has 4 saturated carbocycles. The van der Waals surface area contributed by atoms with Gasteiger partial charge in [0.05, 0.1) is 0 Å². The van der Waals surface area contributed by atoms with Crippen molar-refractivity contribution in [3.8, 4) is 0 Å². The average molecular weight is 162 g/mol. The lowest BCUT2D eigenvalue weighted by atomic mass is 9.77. The molecule has 0 aliphatic heterocycles. The Morgan fingerprint density at radius 1 is 1.33 bits per heavy atom. The quantitative estimate of drug-likeness (QED) is 0.569. The molecule has 0 radical (unpaired) electrons. The molecular weight excluding hydrogens is 148 g/mol. The van der Waals surface area contributed by atoms with Gasteiger partial charge in [0.15, 0.2) is 5.78 Å². The summed E-state index contributed by atoms with van der Waals surface area (Å²) in [5, 5.41) is 0. The van der Waals surface area contributed by atoms with Crippen molar-refractivity contribution in [3.05, 3.63) is 12.7 Å². The Kier molecular flexibility index (Phi) is 1.05. The molecule has 0 aromatic heterocycles. The zero-order valence-electron chi connectivity index (χ0n) is 7.25. The summed E-state index contributed by atoms with van der Waals surface area (Å²) in [5.74, 6) is 2.88. The van der Waals surface area contributed by atoms with E-state index in [4.69, 9.17) is 0 Å². The van der Waals surface area contributed by atoms with E-state index in [1.54, 1.807) is 6.08 Å². The summed E-state index contributed by atoms with van der Waals surface area (Å²) in [5.41, 5.74) is 0.0943. The maximum absolute atomic E-state index is 11.7. The second-order valence-electron chi connectivity index (χ2n) is 4.82. The number of ketones is 1. The number of allylic oxidation sites excluding steroid dienone is 1. The van der Waals surface area contributed by atoms with Crippen molar-refractivity contribution in [1.29, 1.82) is 0 Å². The van der Waals surface area contributed by atoms with Crippen molar-refractivity contribution >= 4 is 5.78 Å². The highest BCUT2D eigenvalue weighted by molar-refractivity contribution is 5.95. The Balaban J connectivity index is 2.03. The second-order valence-corrected chi connectivity index (χ2v) is 4.82. The zero-order chi connectivity index (χ0) is 8.34. The first-order valence-electron chi connectivity index (χ1n) is 4.93. The van der Waals surface area contributed by atoms with Crippen LogP contribution in [-0.2, 0) is 4.79 Å². The monoisotopic (exact) mass is 162 g/mol. The van der Waals surface area contributed by atoms with Crippen molar-refractivity contribution < 1.29 is 4.79 Å². The van der Waals surface area contributed by atoms with Crippen LogP contribution in [-0.4, -0.2) is 5.78 Å². The molecule has 0 aromatic rings. The van der Waals surface area contributed by atoms with Gasteiger partial charge in [-0.15, -0.1) is 0 Å². The third kappa shape index (κ3) is 0.531. The normalized spacial score (nSPS) is 53.5. The van der Waals surface area contributed by atoms with E-state index in [0.717, 1.165) is 17.8 Å². The Hall–Kier alpha value is -0.590. The van der Waals surface area contributed by atoms with Crippen molar-refractivity contribution in [2.75, 3.05) is 0 Å². The molecule has 64 valence electrons. The topological polar surface area (TPSA) is 17.1 Å². The van der Waals surface area contributed by atoms with Gasteiger partial charge < -0.3 is 0 Å². The standard InChI is InChI=1S/C11H14O/c1-2-10(12)11-5-7-3-9(11)4-8(7)6-11/h2,7-9H,1,3-6H2. The Labute approximate surface area is 72.8 Å². The summed E-state index contributed by atoms with van der Waals surface area (Å²) in [4.78, 5) is 11.7. The lowest BCUT2D eigenvalue weighted by Gasteiger charge is -2.25. The fraction of sp³-hybridized carbons (Fsp3) is 0.727. The third-order valence-corrected chi connectivity index (χ3v) is 4.55. The highest BCUT2D eigenvalue weighted by atomic mass is 16.1. The molecule has 12 heavy (non-hydrogen) atoms. The van der Waals surface area contributed by atoms with Crippen LogP contribution in [0, 0.1) is 23.2 Å². The zero-order valence-corrected chi connectivity index (χ0v) is 7.25. The van der Waals surface area contributed by atoms with Gasteiger partial charge in [0, 0.05) is 5.41 Å². The maximum atomic E-state index is 11.7. The van der Waals surface area contributed by atoms with Crippen LogP contribution in [0.15, 0.2) is 12.7 Å². The SMILES string of the molecule is C=CC(=O)C12CC3CC1CC3C2. The van der Waals surface area contributed by atoms with Gasteiger partial charge in [-0.25, -0.2) is 0 Å². The largest absolute Gasteiger partial charge is 0.294 e. The smallest absolute Gasteiger partial charge is 0.161 e. The van der Waals surface area contributed by atoms with Gasteiger partial charge >= 0.3 is 0 Å². The molecule has 0 N–H and O–H groups in total. The van der Waals surface area contributed by atoms with E-state index in [2.05, 4.69) is 6.58 Å². The summed E-state index contributed by atoms with van der Waals surface area (Å²) in [6.45, 7) is 3.62. The van der Waals surface area contributed by atoms with Crippen molar-refractivity contribution in [2.24, 2.45) is 23.2 Å². The molecule has 0 aromatic carbocycles. The maximum Gasteiger partial charge on any atom is 0.161 e. The highest BCUT2D eigenvalue weighted by Gasteiger charge is 2.65. The molecule has 4 aliphatic rings. The van der Waals surface area contributed by atoms with E-state index in [9.17, 15) is 4.79 Å². The van der Waals surface area contributed by atoms with Gasteiger partial charge in [-0.05, 0) is 49.5 Å². The number of rotatable bonds is 2. The number of hydrogen-bond acceptors (Lipinski definition) is 1. The minimum absolute atomic E-state index is 0.0943. The minimum atomic E-state index is 0.0943. The predicted molar refractivity (Wildman–Crippen MR) is 46.6 cm³/mol. The average Bonchev–Trinajstić information content (AvgIpc) is 2.71. The summed E-state index contributed by atoms with van der Waals surface area (Å²) in [6.07, 6.45) is 6.61. The van der Waals surface area contributed by atoms with E-state index in [-0.39, 0.29) is 5.41 Å². The second kappa shape index (κ2) is 1.84. The Morgan fingerprint density at radius 2 is 1.92 bits per heavy atom. The molecule has 2 atom stereocenters. The molecule has 4 bridgehead atoms. The van der Waals surface area contributed by atoms with Crippen molar-refractivity contribution in [2.45, 2.75) is 25.7 Å². The fourth-order valence-corrected chi connectivity index (χ4v) is 4.12. The van der Waals surface area contributed by atoms with Crippen LogP contribution in [0.4, 0.5) is 0 Å². The fourth-order valence-electron chi connectivity index (χ4n) is 4.12. The van der Waals surface area contributed by atoms with Crippen LogP contribution in [0.5, 0.6) is 0 Å². The number of hydrogen-bond donors (Lipinski definition) is 0. The van der Waals surface area contributed by atoms with Crippen LogP contribution in [0.25, 0.3) is 0 Å². The van der Waals surface area contributed by atoms with Gasteiger partial charge in [-0.3, -0.25) is 4.79 Å². The van der Waals surface area contributed by atoms with Gasteiger partial charge in [-0.1, -0.05) is 6.58 Å². The van der Waals surface area contributed by atoms with Crippen LogP contribution in [0.3, 0.4) is 0 Å². The van der Waals surface area contributed by atoms with E-state index in [0.29, 0.717) is 5.78 Å². The molecule has 0 saturated heterocycles. The molecule has 4 aliphatic carbocycles. The van der Waals surface area contributed by atoms with Crippen molar-refractivity contribution in [3.63, 3.8) is 0 Å². The first-order chi connectivity index (χ1) is 5.76. The summed E-state index contributed by atoms with van der Waals surface area (Å²) in [7, 11) is 0. The predicted octanol–water partition coefficient (Wildman–Crippen LogP) is 2.18. The molecule has 0 amide bonds. The van der Waals surface area contributed by atoms with E-state index >= 15 is 0 Å². The third-order valence-electron chi connectivity index (χ3n) is 4.55. The summed E-state index contributed by atoms with van der Waals surface area (Å²) < 4.78 is 0. The van der Waals surface area contributed by atoms with E-state index in [1.807, 2.05) is 0 Å². The summed E-state index contributed by atoms with van der Waals surface area (Å²) >= 11 is 0. The lowest BCUT2D eigenvalue weighted by molar-refractivity contribution is -0.124. The van der Waals surface area contributed by atoms with Crippen LogP contribution >= 0.6 is 0 Å². The number of carbonyl (C=O) groups is 1. The summed E-state index contributed by atoms with van der Waals surface area (Å²) in [6, 6.07) is 0. The van der Waals surface area contributed by atoms with Crippen LogP contribution < -0.4 is 0 Å². The van der Waals surface area contributed by atoms with Gasteiger partial charge in [0.2, 0.25) is 0 Å². The van der Waals surface area contributed by atoms with Crippen LogP contribution in [0.2, 0.25) is 0 Å². The van der Waals surface area contributed by atoms with Gasteiger partial charge in [0.1, 0.15) is 0 Å². The molecule has 4 fully saturated rings. The molecule has 2 unspecified atom stereocenters. The molecule has 1 heteroatoms. The van der Waals surface area contributed by atoms with Gasteiger partial charge in [0.25, 0.3) is 0 Å².